The van der Waals surface area contributed by atoms with Crippen LogP contribution in [0.25, 0.3) is 0 Å². The fourth-order valence-corrected chi connectivity index (χ4v) is 2.93. The van der Waals surface area contributed by atoms with Crippen LogP contribution in [0.1, 0.15) is 83.6 Å². The summed E-state index contributed by atoms with van der Waals surface area (Å²) in [5.41, 5.74) is -1.07. The molecule has 0 aliphatic heterocycles. The third kappa shape index (κ3) is 11.0. The van der Waals surface area contributed by atoms with Gasteiger partial charge in [-0.1, -0.05) is 50.4 Å². The van der Waals surface area contributed by atoms with Gasteiger partial charge in [-0.15, -0.1) is 0 Å². The van der Waals surface area contributed by atoms with Crippen molar-refractivity contribution in [3.63, 3.8) is 0 Å². The van der Waals surface area contributed by atoms with Crippen molar-refractivity contribution in [1.29, 1.82) is 0 Å². The fourth-order valence-electron chi connectivity index (χ4n) is 2.93. The Morgan fingerprint density at radius 3 is 1.68 bits per heavy atom. The third-order valence-corrected chi connectivity index (χ3v) is 4.65. The summed E-state index contributed by atoms with van der Waals surface area (Å²) in [5.74, 6) is -5.29. The van der Waals surface area contributed by atoms with E-state index >= 15 is 0 Å². The first kappa shape index (κ1) is 27.4. The lowest BCUT2D eigenvalue weighted by Gasteiger charge is -2.07. The van der Waals surface area contributed by atoms with E-state index in [0.717, 1.165) is 77.6 Å². The van der Waals surface area contributed by atoms with Crippen molar-refractivity contribution in [2.75, 3.05) is 19.8 Å². The van der Waals surface area contributed by atoms with E-state index in [4.69, 9.17) is 9.47 Å². The maximum atomic E-state index is 13.5. The Kier molecular flexibility index (Phi) is 14.2. The van der Waals surface area contributed by atoms with E-state index in [1.807, 2.05) is 13.8 Å². The largest absolute Gasteiger partial charge is 0.381 e. The van der Waals surface area contributed by atoms with Crippen molar-refractivity contribution in [1.82, 2.24) is 0 Å². The first-order valence-corrected chi connectivity index (χ1v) is 11.1. The van der Waals surface area contributed by atoms with E-state index in [9.17, 15) is 22.0 Å². The van der Waals surface area contributed by atoms with Crippen LogP contribution in [0.2, 0.25) is 0 Å². The summed E-state index contributed by atoms with van der Waals surface area (Å²) in [5, 5.41) is 0. The van der Waals surface area contributed by atoms with E-state index in [1.54, 1.807) is 0 Å². The van der Waals surface area contributed by atoms with Crippen molar-refractivity contribution >= 4 is 0 Å². The predicted molar refractivity (Wildman–Crippen MR) is 111 cm³/mol. The van der Waals surface area contributed by atoms with Crippen LogP contribution in [-0.4, -0.2) is 25.9 Å². The second-order valence-corrected chi connectivity index (χ2v) is 7.71. The van der Waals surface area contributed by atoms with Crippen LogP contribution in [0.5, 0.6) is 0 Å². The molecule has 0 spiro atoms. The zero-order chi connectivity index (χ0) is 23.1. The molecule has 0 saturated carbocycles. The molecule has 31 heavy (non-hydrogen) atoms. The molecule has 0 aliphatic carbocycles. The molecule has 0 bridgehead atoms. The number of ether oxygens (including phenoxy) is 2. The van der Waals surface area contributed by atoms with Crippen LogP contribution >= 0.6 is 0 Å². The Morgan fingerprint density at radius 1 is 0.613 bits per heavy atom. The molecule has 7 heteroatoms. The van der Waals surface area contributed by atoms with E-state index in [-0.39, 0.29) is 6.10 Å². The van der Waals surface area contributed by atoms with Gasteiger partial charge < -0.3 is 9.47 Å². The molecule has 1 aromatic rings. The molecule has 0 radical (unpaired) electrons. The Labute approximate surface area is 182 Å². The van der Waals surface area contributed by atoms with Crippen LogP contribution < -0.4 is 0 Å². The summed E-state index contributed by atoms with van der Waals surface area (Å²) in [7, 11) is 0. The van der Waals surface area contributed by atoms with E-state index < -0.39 is 34.6 Å². The quantitative estimate of drug-likeness (QED) is 0.0939. The van der Waals surface area contributed by atoms with Gasteiger partial charge in [0, 0.05) is 26.2 Å². The van der Waals surface area contributed by atoms with Crippen LogP contribution in [0.4, 0.5) is 22.0 Å². The first-order chi connectivity index (χ1) is 14.9. The molecule has 0 aliphatic rings. The second kappa shape index (κ2) is 16.0. The van der Waals surface area contributed by atoms with Gasteiger partial charge in [0.1, 0.15) is 5.56 Å². The minimum absolute atomic E-state index is 0.264. The summed E-state index contributed by atoms with van der Waals surface area (Å²) in [6.45, 7) is 6.29. The van der Waals surface area contributed by atoms with Crippen molar-refractivity contribution in [3.05, 3.63) is 34.6 Å². The van der Waals surface area contributed by atoms with E-state index in [0.29, 0.717) is 6.42 Å². The topological polar surface area (TPSA) is 18.5 Å². The molecule has 2 nitrogen and oxygen atoms in total. The molecule has 1 aromatic carbocycles. The van der Waals surface area contributed by atoms with Crippen LogP contribution in [0.3, 0.4) is 0 Å². The number of hydrogen-bond donors (Lipinski definition) is 0. The zero-order valence-corrected chi connectivity index (χ0v) is 18.5. The number of hydrogen-bond acceptors (Lipinski definition) is 2. The second-order valence-electron chi connectivity index (χ2n) is 7.71. The standard InChI is InChI=1S/C24H33F5O2/c1-18(2)31-17-13-16-30-15-12-10-8-6-4-3-5-7-9-11-14-19-20(25)22(27)24(29)23(28)21(19)26/h18H,3-10,12-13,15-17H2,1-2H3. The molecule has 1 rings (SSSR count). The van der Waals surface area contributed by atoms with Gasteiger partial charge >= 0.3 is 0 Å². The summed E-state index contributed by atoms with van der Waals surface area (Å²) in [4.78, 5) is 0. The minimum Gasteiger partial charge on any atom is -0.381 e. The van der Waals surface area contributed by atoms with Crippen LogP contribution in [-0.2, 0) is 9.47 Å². The molecule has 0 unspecified atom stereocenters. The van der Waals surface area contributed by atoms with Gasteiger partial charge in [0.25, 0.3) is 0 Å². The maximum absolute atomic E-state index is 13.5. The summed E-state index contributed by atoms with van der Waals surface area (Å²) < 4.78 is 77.1. The highest BCUT2D eigenvalue weighted by Gasteiger charge is 2.24. The number of unbranched alkanes of at least 4 members (excludes halogenated alkanes) is 8. The van der Waals surface area contributed by atoms with Crippen molar-refractivity contribution in [2.45, 2.75) is 84.2 Å². The molecule has 0 atom stereocenters. The van der Waals surface area contributed by atoms with Gasteiger partial charge in [-0.05, 0) is 33.1 Å². The highest BCUT2D eigenvalue weighted by atomic mass is 19.2. The molecule has 176 valence electrons. The van der Waals surface area contributed by atoms with Crippen molar-refractivity contribution in [2.24, 2.45) is 0 Å². The summed E-state index contributed by atoms with van der Waals surface area (Å²) >= 11 is 0. The lowest BCUT2D eigenvalue weighted by Crippen LogP contribution is -2.07. The van der Waals surface area contributed by atoms with Crippen molar-refractivity contribution < 1.29 is 31.4 Å². The highest BCUT2D eigenvalue weighted by molar-refractivity contribution is 5.38. The summed E-state index contributed by atoms with van der Waals surface area (Å²) in [6, 6.07) is 0. The Bertz CT molecular complexity index is 681. The Balaban J connectivity index is 2.02. The van der Waals surface area contributed by atoms with Crippen molar-refractivity contribution in [3.8, 4) is 11.8 Å². The third-order valence-electron chi connectivity index (χ3n) is 4.65. The number of benzene rings is 1. The monoisotopic (exact) mass is 448 g/mol. The fraction of sp³-hybridized carbons (Fsp3) is 0.667. The molecule has 0 aromatic heterocycles. The van der Waals surface area contributed by atoms with E-state index in [1.165, 1.54) is 0 Å². The van der Waals surface area contributed by atoms with Gasteiger partial charge in [0.2, 0.25) is 5.82 Å². The van der Waals surface area contributed by atoms with Gasteiger partial charge in [-0.3, -0.25) is 0 Å². The predicted octanol–water partition coefficient (Wildman–Crippen LogP) is 7.08. The van der Waals surface area contributed by atoms with Crippen LogP contribution in [0.15, 0.2) is 0 Å². The first-order valence-electron chi connectivity index (χ1n) is 11.1. The van der Waals surface area contributed by atoms with Gasteiger partial charge in [-0.25, -0.2) is 22.0 Å². The van der Waals surface area contributed by atoms with Crippen LogP contribution in [0, 0.1) is 40.9 Å². The molecule has 0 N–H and O–H groups in total. The molecule has 0 amide bonds. The maximum Gasteiger partial charge on any atom is 0.200 e. The molecule has 0 fully saturated rings. The lowest BCUT2D eigenvalue weighted by molar-refractivity contribution is 0.0507. The minimum atomic E-state index is -2.17. The highest BCUT2D eigenvalue weighted by Crippen LogP contribution is 2.22. The van der Waals surface area contributed by atoms with Gasteiger partial charge in [0.05, 0.1) is 6.10 Å². The SMILES string of the molecule is CC(C)OCCCOCCCCCCCCCCC#Cc1c(F)c(F)c(F)c(F)c1F. The molecular weight excluding hydrogens is 415 g/mol. The smallest absolute Gasteiger partial charge is 0.200 e. The normalized spacial score (nSPS) is 11.1. The summed E-state index contributed by atoms with van der Waals surface area (Å²) in [6.07, 6.45) is 9.76. The van der Waals surface area contributed by atoms with E-state index in [2.05, 4.69) is 11.8 Å². The molecule has 0 heterocycles. The average Bonchev–Trinajstić information content (AvgIpc) is 2.74. The lowest BCUT2D eigenvalue weighted by atomic mass is 10.1. The molecular formula is C24H33F5O2. The Hall–Kier alpha value is -1.65. The number of rotatable bonds is 15. The molecule has 0 saturated heterocycles. The van der Waals surface area contributed by atoms with Gasteiger partial charge in [-0.2, -0.15) is 0 Å². The Morgan fingerprint density at radius 2 is 1.10 bits per heavy atom. The zero-order valence-electron chi connectivity index (χ0n) is 18.5. The average molecular weight is 449 g/mol. The van der Waals surface area contributed by atoms with Gasteiger partial charge in [0.15, 0.2) is 23.3 Å². The number of halogens is 5.